The predicted octanol–water partition coefficient (Wildman–Crippen LogP) is 4.18. The molecule has 1 aliphatic heterocycles. The minimum absolute atomic E-state index is 0.0298. The summed E-state index contributed by atoms with van der Waals surface area (Å²) in [6, 6.07) is 8.86. The molecule has 2 nitrogen and oxygen atoms in total. The van der Waals surface area contributed by atoms with Gasteiger partial charge in [0.2, 0.25) is 5.91 Å². The van der Waals surface area contributed by atoms with E-state index in [1.807, 2.05) is 0 Å². The van der Waals surface area contributed by atoms with Crippen LogP contribution in [-0.2, 0) is 11.2 Å². The highest BCUT2D eigenvalue weighted by Crippen LogP contribution is 2.35. The van der Waals surface area contributed by atoms with Crippen molar-refractivity contribution in [3.8, 4) is 0 Å². The molecule has 1 amide bonds. The van der Waals surface area contributed by atoms with Crippen LogP contribution in [0.15, 0.2) is 36.4 Å². The standard InChI is InChI=1S/C16H12ClF2NO/c17-16(15-11(18)2-1-3-12(15)19)10-4-6-13-9(8-10)5-7-14(21)20-13/h1-4,6,8,16H,5,7H2,(H,20,21). The zero-order valence-electron chi connectivity index (χ0n) is 11.0. The minimum atomic E-state index is -0.908. The van der Waals surface area contributed by atoms with Crippen LogP contribution in [0.2, 0.25) is 0 Å². The van der Waals surface area contributed by atoms with Gasteiger partial charge < -0.3 is 5.32 Å². The van der Waals surface area contributed by atoms with Crippen molar-refractivity contribution < 1.29 is 13.6 Å². The first kappa shape index (κ1) is 14.0. The quantitative estimate of drug-likeness (QED) is 0.829. The Hall–Kier alpha value is -1.94. The Morgan fingerprint density at radius 3 is 2.52 bits per heavy atom. The summed E-state index contributed by atoms with van der Waals surface area (Å²) in [7, 11) is 0. The third kappa shape index (κ3) is 2.63. The number of alkyl halides is 1. The van der Waals surface area contributed by atoms with E-state index in [0.717, 1.165) is 11.3 Å². The molecule has 0 saturated heterocycles. The monoisotopic (exact) mass is 307 g/mol. The molecule has 2 aromatic rings. The fourth-order valence-electron chi connectivity index (χ4n) is 2.48. The highest BCUT2D eigenvalue weighted by atomic mass is 35.5. The van der Waals surface area contributed by atoms with E-state index < -0.39 is 17.0 Å². The van der Waals surface area contributed by atoms with E-state index in [9.17, 15) is 13.6 Å². The second kappa shape index (κ2) is 5.45. The van der Waals surface area contributed by atoms with Crippen molar-refractivity contribution in [2.45, 2.75) is 18.2 Å². The summed E-state index contributed by atoms with van der Waals surface area (Å²) in [6.45, 7) is 0. The number of rotatable bonds is 2. The largest absolute Gasteiger partial charge is 0.326 e. The summed E-state index contributed by atoms with van der Waals surface area (Å²) >= 11 is 6.25. The maximum atomic E-state index is 13.8. The number of halogens is 3. The number of anilines is 1. The van der Waals surface area contributed by atoms with Gasteiger partial charge in [-0.2, -0.15) is 0 Å². The topological polar surface area (TPSA) is 29.1 Å². The second-order valence-electron chi connectivity index (χ2n) is 4.96. The van der Waals surface area contributed by atoms with Crippen LogP contribution in [0.1, 0.15) is 28.5 Å². The summed E-state index contributed by atoms with van der Waals surface area (Å²) in [4.78, 5) is 11.3. The smallest absolute Gasteiger partial charge is 0.224 e. The summed E-state index contributed by atoms with van der Waals surface area (Å²) in [6.07, 6.45) is 0.996. The number of nitrogens with one attached hydrogen (secondary N) is 1. The lowest BCUT2D eigenvalue weighted by molar-refractivity contribution is -0.116. The molecular weight excluding hydrogens is 296 g/mol. The van der Waals surface area contributed by atoms with Gasteiger partial charge in [0.25, 0.3) is 0 Å². The Morgan fingerprint density at radius 2 is 1.81 bits per heavy atom. The second-order valence-corrected chi connectivity index (χ2v) is 5.40. The maximum Gasteiger partial charge on any atom is 0.224 e. The van der Waals surface area contributed by atoms with Gasteiger partial charge in [-0.25, -0.2) is 8.78 Å². The number of aryl methyl sites for hydroxylation is 1. The van der Waals surface area contributed by atoms with Gasteiger partial charge in [-0.15, -0.1) is 11.6 Å². The summed E-state index contributed by atoms with van der Waals surface area (Å²) in [5.74, 6) is -1.36. The van der Waals surface area contributed by atoms with E-state index in [1.165, 1.54) is 18.2 Å². The number of carbonyl (C=O) groups excluding carboxylic acids is 1. The van der Waals surface area contributed by atoms with Crippen LogP contribution in [0.5, 0.6) is 0 Å². The molecule has 1 aliphatic rings. The van der Waals surface area contributed by atoms with E-state index in [-0.39, 0.29) is 11.5 Å². The minimum Gasteiger partial charge on any atom is -0.326 e. The molecule has 3 rings (SSSR count). The SMILES string of the molecule is O=C1CCc2cc(C(Cl)c3c(F)cccc3F)ccc2N1. The number of benzene rings is 2. The number of amides is 1. The lowest BCUT2D eigenvalue weighted by Crippen LogP contribution is -2.19. The van der Waals surface area contributed by atoms with E-state index in [4.69, 9.17) is 11.6 Å². The highest BCUT2D eigenvalue weighted by Gasteiger charge is 2.22. The van der Waals surface area contributed by atoms with Crippen molar-refractivity contribution >= 4 is 23.2 Å². The molecule has 1 atom stereocenters. The molecule has 0 fully saturated rings. The fraction of sp³-hybridized carbons (Fsp3) is 0.188. The Labute approximate surface area is 125 Å². The van der Waals surface area contributed by atoms with Crippen molar-refractivity contribution in [2.24, 2.45) is 0 Å². The molecule has 0 aliphatic carbocycles. The van der Waals surface area contributed by atoms with E-state index in [0.29, 0.717) is 18.4 Å². The number of fused-ring (bicyclic) bond motifs is 1. The van der Waals surface area contributed by atoms with Gasteiger partial charge in [-0.1, -0.05) is 18.2 Å². The molecule has 0 spiro atoms. The summed E-state index contributed by atoms with van der Waals surface area (Å²) in [5.41, 5.74) is 2.11. The van der Waals surface area contributed by atoms with E-state index >= 15 is 0 Å². The molecule has 0 saturated carbocycles. The summed E-state index contributed by atoms with van der Waals surface area (Å²) in [5, 5.41) is 1.85. The van der Waals surface area contributed by atoms with Crippen LogP contribution in [0, 0.1) is 11.6 Å². The van der Waals surface area contributed by atoms with E-state index in [2.05, 4.69) is 5.32 Å². The van der Waals surface area contributed by atoms with Gasteiger partial charge in [-0.3, -0.25) is 4.79 Å². The molecule has 1 heterocycles. The van der Waals surface area contributed by atoms with Gasteiger partial charge >= 0.3 is 0 Å². The zero-order valence-corrected chi connectivity index (χ0v) is 11.8. The number of carbonyl (C=O) groups is 1. The fourth-order valence-corrected chi connectivity index (χ4v) is 2.82. The molecule has 21 heavy (non-hydrogen) atoms. The first-order chi connectivity index (χ1) is 10.1. The molecule has 0 radical (unpaired) electrons. The van der Waals surface area contributed by atoms with Crippen molar-refractivity contribution in [1.82, 2.24) is 0 Å². The molecule has 5 heteroatoms. The highest BCUT2D eigenvalue weighted by molar-refractivity contribution is 6.22. The third-order valence-corrected chi connectivity index (χ3v) is 4.04. The normalized spacial score (nSPS) is 15.3. The Kier molecular flexibility index (Phi) is 3.64. The van der Waals surface area contributed by atoms with Crippen LogP contribution in [-0.4, -0.2) is 5.91 Å². The van der Waals surface area contributed by atoms with Crippen LogP contribution in [0.25, 0.3) is 0 Å². The van der Waals surface area contributed by atoms with Gasteiger partial charge in [0.1, 0.15) is 11.6 Å². The van der Waals surface area contributed by atoms with Crippen molar-refractivity contribution in [2.75, 3.05) is 5.32 Å². The first-order valence-corrected chi connectivity index (χ1v) is 7.00. The first-order valence-electron chi connectivity index (χ1n) is 6.57. The Morgan fingerprint density at radius 1 is 1.10 bits per heavy atom. The van der Waals surface area contributed by atoms with Crippen molar-refractivity contribution in [1.29, 1.82) is 0 Å². The van der Waals surface area contributed by atoms with Gasteiger partial charge in [-0.05, 0) is 35.7 Å². The molecule has 108 valence electrons. The molecule has 2 aromatic carbocycles. The van der Waals surface area contributed by atoms with Crippen LogP contribution < -0.4 is 5.32 Å². The zero-order chi connectivity index (χ0) is 15.0. The van der Waals surface area contributed by atoms with Crippen molar-refractivity contribution in [3.05, 3.63) is 64.7 Å². The number of hydrogen-bond donors (Lipinski definition) is 1. The third-order valence-electron chi connectivity index (χ3n) is 3.57. The Balaban J connectivity index is 1.99. The Bertz CT molecular complexity index is 697. The molecule has 0 bridgehead atoms. The van der Waals surface area contributed by atoms with Gasteiger partial charge in [0, 0.05) is 17.7 Å². The lowest BCUT2D eigenvalue weighted by Gasteiger charge is -2.19. The molecule has 1 unspecified atom stereocenters. The summed E-state index contributed by atoms with van der Waals surface area (Å²) < 4.78 is 27.6. The molecular formula is C16H12ClF2NO. The molecule has 0 aromatic heterocycles. The molecule has 1 N–H and O–H groups in total. The average Bonchev–Trinajstić information content (AvgIpc) is 2.46. The van der Waals surface area contributed by atoms with Crippen LogP contribution in [0.3, 0.4) is 0 Å². The maximum absolute atomic E-state index is 13.8. The van der Waals surface area contributed by atoms with Crippen molar-refractivity contribution in [3.63, 3.8) is 0 Å². The van der Waals surface area contributed by atoms with Gasteiger partial charge in [0.05, 0.1) is 5.38 Å². The predicted molar refractivity (Wildman–Crippen MR) is 77.4 cm³/mol. The lowest BCUT2D eigenvalue weighted by atomic mass is 9.96. The van der Waals surface area contributed by atoms with Gasteiger partial charge in [0.15, 0.2) is 0 Å². The van der Waals surface area contributed by atoms with E-state index in [1.54, 1.807) is 18.2 Å². The average molecular weight is 308 g/mol. The number of hydrogen-bond acceptors (Lipinski definition) is 1. The van der Waals surface area contributed by atoms with Crippen LogP contribution in [0.4, 0.5) is 14.5 Å². The van der Waals surface area contributed by atoms with Crippen LogP contribution >= 0.6 is 11.6 Å².